The molecule has 2 aliphatic rings. The largest absolute Gasteiger partial charge is 0.369 e. The van der Waals surface area contributed by atoms with Crippen LogP contribution in [0.2, 0.25) is 0 Å². The molecule has 0 aromatic carbocycles. The van der Waals surface area contributed by atoms with E-state index in [2.05, 4.69) is 14.8 Å². The lowest BCUT2D eigenvalue weighted by molar-refractivity contribution is 0.148. The summed E-state index contributed by atoms with van der Waals surface area (Å²) in [5.74, 6) is -0.382. The highest BCUT2D eigenvalue weighted by atomic mass is 19.1. The number of hydrogen-bond acceptors (Lipinski definition) is 3. The van der Waals surface area contributed by atoms with Crippen LogP contribution in [0.3, 0.4) is 0 Å². The van der Waals surface area contributed by atoms with Gasteiger partial charge in [0.2, 0.25) is 5.95 Å². The van der Waals surface area contributed by atoms with Crippen molar-refractivity contribution in [2.45, 2.75) is 38.1 Å². The third-order valence-electron chi connectivity index (χ3n) is 4.48. The Labute approximate surface area is 114 Å². The Bertz CT molecular complexity index is 410. The molecule has 1 aromatic rings. The summed E-state index contributed by atoms with van der Waals surface area (Å²) in [6.07, 6.45) is 8.47. The van der Waals surface area contributed by atoms with Crippen molar-refractivity contribution in [2.75, 3.05) is 31.1 Å². The minimum absolute atomic E-state index is 0.382. The molecule has 2 heterocycles. The highest BCUT2D eigenvalue weighted by Gasteiger charge is 2.25. The Balaban J connectivity index is 1.57. The van der Waals surface area contributed by atoms with Gasteiger partial charge in [-0.2, -0.15) is 4.39 Å². The van der Waals surface area contributed by atoms with Crippen molar-refractivity contribution in [3.63, 3.8) is 0 Å². The predicted molar refractivity (Wildman–Crippen MR) is 74.9 cm³/mol. The van der Waals surface area contributed by atoms with Gasteiger partial charge in [0, 0.05) is 50.2 Å². The summed E-state index contributed by atoms with van der Waals surface area (Å²) in [4.78, 5) is 8.52. The summed E-state index contributed by atoms with van der Waals surface area (Å²) in [6, 6.07) is 4.24. The van der Waals surface area contributed by atoms with E-state index in [0.29, 0.717) is 0 Å². The van der Waals surface area contributed by atoms with Crippen LogP contribution in [0, 0.1) is 5.95 Å². The maximum Gasteiger partial charge on any atom is 0.214 e. The van der Waals surface area contributed by atoms with Gasteiger partial charge in [-0.3, -0.25) is 4.90 Å². The first-order chi connectivity index (χ1) is 9.33. The van der Waals surface area contributed by atoms with Crippen LogP contribution in [0.4, 0.5) is 10.1 Å². The Hall–Kier alpha value is -1.16. The molecule has 1 aliphatic carbocycles. The Morgan fingerprint density at radius 1 is 1.05 bits per heavy atom. The highest BCUT2D eigenvalue weighted by Crippen LogP contribution is 2.24. The van der Waals surface area contributed by atoms with Crippen LogP contribution in [0.25, 0.3) is 0 Å². The zero-order valence-electron chi connectivity index (χ0n) is 11.4. The van der Waals surface area contributed by atoms with E-state index in [1.165, 1.54) is 38.2 Å². The lowest BCUT2D eigenvalue weighted by Crippen LogP contribution is -2.50. The third-order valence-corrected chi connectivity index (χ3v) is 4.48. The summed E-state index contributed by atoms with van der Waals surface area (Å²) in [7, 11) is 0. The molecule has 2 fully saturated rings. The SMILES string of the molecule is Fc1cc(N2CCN(C3CCCCC3)CC2)ccn1. The number of hydrogen-bond donors (Lipinski definition) is 0. The van der Waals surface area contributed by atoms with Crippen molar-refractivity contribution in [1.29, 1.82) is 0 Å². The molecule has 1 saturated heterocycles. The number of halogens is 1. The van der Waals surface area contributed by atoms with E-state index in [-0.39, 0.29) is 5.95 Å². The second-order valence-corrected chi connectivity index (χ2v) is 5.65. The molecular formula is C15H22FN3. The van der Waals surface area contributed by atoms with E-state index in [0.717, 1.165) is 37.9 Å². The second kappa shape index (κ2) is 5.87. The highest BCUT2D eigenvalue weighted by molar-refractivity contribution is 5.45. The van der Waals surface area contributed by atoms with Gasteiger partial charge in [-0.05, 0) is 18.9 Å². The number of aromatic nitrogens is 1. The first kappa shape index (κ1) is 12.9. The van der Waals surface area contributed by atoms with Crippen LogP contribution < -0.4 is 4.90 Å². The van der Waals surface area contributed by atoms with E-state index < -0.39 is 0 Å². The lowest BCUT2D eigenvalue weighted by atomic mass is 9.94. The molecule has 3 rings (SSSR count). The van der Waals surface area contributed by atoms with Gasteiger partial charge in [0.15, 0.2) is 0 Å². The number of pyridine rings is 1. The minimum Gasteiger partial charge on any atom is -0.369 e. The number of rotatable bonds is 2. The molecule has 3 nitrogen and oxygen atoms in total. The molecule has 0 radical (unpaired) electrons. The van der Waals surface area contributed by atoms with Gasteiger partial charge in [-0.1, -0.05) is 19.3 Å². The van der Waals surface area contributed by atoms with E-state index >= 15 is 0 Å². The molecule has 0 bridgehead atoms. The van der Waals surface area contributed by atoms with Gasteiger partial charge in [0.25, 0.3) is 0 Å². The van der Waals surface area contributed by atoms with Crippen molar-refractivity contribution in [1.82, 2.24) is 9.88 Å². The summed E-state index contributed by atoms with van der Waals surface area (Å²) in [5, 5.41) is 0. The minimum atomic E-state index is -0.382. The zero-order chi connectivity index (χ0) is 13.1. The molecule has 0 N–H and O–H groups in total. The number of nitrogens with zero attached hydrogens (tertiary/aromatic N) is 3. The van der Waals surface area contributed by atoms with E-state index in [1.54, 1.807) is 6.20 Å². The fourth-order valence-corrected chi connectivity index (χ4v) is 3.38. The van der Waals surface area contributed by atoms with Crippen LogP contribution in [0.5, 0.6) is 0 Å². The monoisotopic (exact) mass is 263 g/mol. The van der Waals surface area contributed by atoms with Crippen LogP contribution in [-0.4, -0.2) is 42.1 Å². The van der Waals surface area contributed by atoms with Crippen molar-refractivity contribution in [3.8, 4) is 0 Å². The van der Waals surface area contributed by atoms with E-state index in [1.807, 2.05) is 6.07 Å². The van der Waals surface area contributed by atoms with Crippen molar-refractivity contribution < 1.29 is 4.39 Å². The fourth-order valence-electron chi connectivity index (χ4n) is 3.38. The first-order valence-corrected chi connectivity index (χ1v) is 7.43. The molecule has 1 aliphatic heterocycles. The smallest absolute Gasteiger partial charge is 0.214 e. The van der Waals surface area contributed by atoms with Gasteiger partial charge in [0.1, 0.15) is 0 Å². The molecule has 0 spiro atoms. The standard InChI is InChI=1S/C15H22FN3/c16-15-12-14(6-7-17-15)19-10-8-18(9-11-19)13-4-2-1-3-5-13/h6-7,12-13H,1-5,8-11H2. The summed E-state index contributed by atoms with van der Waals surface area (Å²) in [6.45, 7) is 4.21. The average Bonchev–Trinajstić information content (AvgIpc) is 2.48. The maximum atomic E-state index is 13.1. The lowest BCUT2D eigenvalue weighted by Gasteiger charge is -2.41. The van der Waals surface area contributed by atoms with Crippen LogP contribution in [0.1, 0.15) is 32.1 Å². The number of piperazine rings is 1. The Kier molecular flexibility index (Phi) is 3.97. The summed E-state index contributed by atoms with van der Waals surface area (Å²) in [5.41, 5.74) is 0.968. The molecule has 0 unspecified atom stereocenters. The summed E-state index contributed by atoms with van der Waals surface area (Å²) < 4.78 is 13.1. The predicted octanol–water partition coefficient (Wildman–Crippen LogP) is 2.68. The van der Waals surface area contributed by atoms with Crippen molar-refractivity contribution in [3.05, 3.63) is 24.3 Å². The number of anilines is 1. The Morgan fingerprint density at radius 3 is 2.47 bits per heavy atom. The summed E-state index contributed by atoms with van der Waals surface area (Å²) >= 11 is 0. The molecular weight excluding hydrogens is 241 g/mol. The van der Waals surface area contributed by atoms with Gasteiger partial charge < -0.3 is 4.90 Å². The molecule has 1 saturated carbocycles. The molecule has 4 heteroatoms. The van der Waals surface area contributed by atoms with Crippen molar-refractivity contribution in [2.24, 2.45) is 0 Å². The molecule has 104 valence electrons. The van der Waals surface area contributed by atoms with E-state index in [4.69, 9.17) is 0 Å². The normalized spacial score (nSPS) is 22.7. The molecule has 19 heavy (non-hydrogen) atoms. The second-order valence-electron chi connectivity index (χ2n) is 5.65. The third kappa shape index (κ3) is 3.06. The van der Waals surface area contributed by atoms with Crippen LogP contribution in [-0.2, 0) is 0 Å². The molecule has 0 amide bonds. The fraction of sp³-hybridized carbons (Fsp3) is 0.667. The van der Waals surface area contributed by atoms with Gasteiger partial charge >= 0.3 is 0 Å². The van der Waals surface area contributed by atoms with Gasteiger partial charge in [-0.25, -0.2) is 4.98 Å². The zero-order valence-corrected chi connectivity index (χ0v) is 11.4. The van der Waals surface area contributed by atoms with Crippen LogP contribution in [0.15, 0.2) is 18.3 Å². The van der Waals surface area contributed by atoms with Crippen LogP contribution >= 0.6 is 0 Å². The maximum absolute atomic E-state index is 13.1. The quantitative estimate of drug-likeness (QED) is 0.765. The van der Waals surface area contributed by atoms with Crippen molar-refractivity contribution >= 4 is 5.69 Å². The average molecular weight is 263 g/mol. The Morgan fingerprint density at radius 2 is 1.79 bits per heavy atom. The van der Waals surface area contributed by atoms with Gasteiger partial charge in [-0.15, -0.1) is 0 Å². The topological polar surface area (TPSA) is 19.4 Å². The van der Waals surface area contributed by atoms with Gasteiger partial charge in [0.05, 0.1) is 0 Å². The molecule has 0 atom stereocenters. The first-order valence-electron chi connectivity index (χ1n) is 7.43. The molecule has 1 aromatic heterocycles. The van der Waals surface area contributed by atoms with E-state index in [9.17, 15) is 4.39 Å².